The van der Waals surface area contributed by atoms with Crippen LogP contribution in [0.5, 0.6) is 0 Å². The van der Waals surface area contributed by atoms with E-state index in [4.69, 9.17) is 0 Å². The van der Waals surface area contributed by atoms with Gasteiger partial charge in [0.25, 0.3) is 0 Å². The van der Waals surface area contributed by atoms with Gasteiger partial charge in [0.2, 0.25) is 0 Å². The van der Waals surface area contributed by atoms with Crippen LogP contribution in [0.25, 0.3) is 20.5 Å². The van der Waals surface area contributed by atoms with Gasteiger partial charge in [-0.3, -0.25) is 0 Å². The summed E-state index contributed by atoms with van der Waals surface area (Å²) in [6.45, 7) is 3.93. The summed E-state index contributed by atoms with van der Waals surface area (Å²) in [6.07, 6.45) is 9.12. The van der Waals surface area contributed by atoms with E-state index in [9.17, 15) is 4.39 Å². The minimum atomic E-state index is -0.804. The topological polar surface area (TPSA) is 0 Å². The third-order valence-corrected chi connectivity index (χ3v) is 7.88. The molecule has 1 aromatic heterocycles. The Labute approximate surface area is 181 Å². The van der Waals surface area contributed by atoms with Gasteiger partial charge in [-0.1, -0.05) is 56.9 Å². The first kappa shape index (κ1) is 21.4. The van der Waals surface area contributed by atoms with Crippen LogP contribution in [0, 0.1) is 30.3 Å². The van der Waals surface area contributed by atoms with Crippen LogP contribution in [-0.4, -0.2) is 0 Å². The van der Waals surface area contributed by atoms with Gasteiger partial charge in [0.05, 0.1) is 4.70 Å². The van der Waals surface area contributed by atoms with Crippen molar-refractivity contribution in [2.24, 2.45) is 5.92 Å². The van der Waals surface area contributed by atoms with E-state index in [-0.39, 0.29) is 17.3 Å². The lowest BCUT2D eigenvalue weighted by molar-refractivity contribution is 0.298. The van der Waals surface area contributed by atoms with Gasteiger partial charge in [-0.25, -0.2) is 13.2 Å². The number of thiophene rings is 1. The zero-order valence-corrected chi connectivity index (χ0v) is 18.6. The number of hydrogen-bond donors (Lipinski definition) is 0. The Morgan fingerprint density at radius 3 is 2.40 bits per heavy atom. The molecule has 0 atom stereocenters. The summed E-state index contributed by atoms with van der Waals surface area (Å²) < 4.78 is 44.9. The highest BCUT2D eigenvalue weighted by molar-refractivity contribution is 7.22. The van der Waals surface area contributed by atoms with E-state index >= 15 is 8.78 Å². The molecule has 0 spiro atoms. The van der Waals surface area contributed by atoms with E-state index in [2.05, 4.69) is 6.92 Å². The fraction of sp³-hybridized carbons (Fsp3) is 0.462. The van der Waals surface area contributed by atoms with E-state index in [1.165, 1.54) is 37.0 Å². The van der Waals surface area contributed by atoms with Crippen molar-refractivity contribution in [3.8, 4) is 10.4 Å². The monoisotopic (exact) mass is 430 g/mol. The second kappa shape index (κ2) is 9.13. The summed E-state index contributed by atoms with van der Waals surface area (Å²) in [7, 11) is 0. The predicted octanol–water partition coefficient (Wildman–Crippen LogP) is 9.15. The van der Waals surface area contributed by atoms with Crippen molar-refractivity contribution in [2.75, 3.05) is 0 Å². The molecule has 1 fully saturated rings. The molecule has 1 aliphatic carbocycles. The van der Waals surface area contributed by atoms with Crippen molar-refractivity contribution >= 4 is 21.4 Å². The zero-order valence-electron chi connectivity index (χ0n) is 17.7. The Hall–Kier alpha value is -1.81. The molecule has 2 aromatic carbocycles. The molecule has 0 radical (unpaired) electrons. The van der Waals surface area contributed by atoms with Crippen LogP contribution >= 0.6 is 11.3 Å². The SMILES string of the molecule is CCCCCC1CCC(c2ccc(-c3cc4ccc(C)c(F)c4s3)c(F)c2F)CC1. The molecule has 0 nitrogen and oxygen atoms in total. The highest BCUT2D eigenvalue weighted by Crippen LogP contribution is 2.42. The van der Waals surface area contributed by atoms with Crippen LogP contribution in [0.4, 0.5) is 13.2 Å². The summed E-state index contributed by atoms with van der Waals surface area (Å²) in [4.78, 5) is 0.567. The number of unbranched alkanes of at least 4 members (excludes halogenated alkanes) is 2. The van der Waals surface area contributed by atoms with Crippen LogP contribution in [0.15, 0.2) is 30.3 Å². The first-order chi connectivity index (χ1) is 14.5. The minimum absolute atomic E-state index is 0.0958. The lowest BCUT2D eigenvalue weighted by Crippen LogP contribution is -2.15. The molecule has 4 rings (SSSR count). The molecule has 1 aliphatic rings. The Morgan fingerprint density at radius 2 is 1.67 bits per heavy atom. The average molecular weight is 431 g/mol. The molecule has 30 heavy (non-hydrogen) atoms. The lowest BCUT2D eigenvalue weighted by atomic mass is 9.76. The molecule has 4 heteroatoms. The van der Waals surface area contributed by atoms with Crippen LogP contribution in [0.1, 0.15) is 75.3 Å². The van der Waals surface area contributed by atoms with Gasteiger partial charge >= 0.3 is 0 Å². The number of halogens is 3. The number of fused-ring (bicyclic) bond motifs is 1. The molecule has 0 N–H and O–H groups in total. The first-order valence-corrected chi connectivity index (χ1v) is 12.0. The lowest BCUT2D eigenvalue weighted by Gasteiger charge is -2.29. The Balaban J connectivity index is 1.54. The van der Waals surface area contributed by atoms with Gasteiger partial charge in [-0.2, -0.15) is 0 Å². The Bertz CT molecular complexity index is 1030. The number of benzene rings is 2. The Morgan fingerprint density at radius 1 is 0.900 bits per heavy atom. The van der Waals surface area contributed by atoms with Gasteiger partial charge in [0.15, 0.2) is 11.6 Å². The molecule has 0 bridgehead atoms. The molecule has 0 amide bonds. The van der Waals surface area contributed by atoms with Gasteiger partial charge < -0.3 is 0 Å². The molecule has 0 aliphatic heterocycles. The maximum atomic E-state index is 15.0. The second-order valence-electron chi connectivity index (χ2n) is 8.77. The van der Waals surface area contributed by atoms with E-state index < -0.39 is 11.6 Å². The number of rotatable bonds is 6. The molecule has 0 unspecified atom stereocenters. The van der Waals surface area contributed by atoms with E-state index in [1.807, 2.05) is 6.07 Å². The van der Waals surface area contributed by atoms with Gasteiger partial charge in [-0.05, 0) is 67.0 Å². The molecular weight excluding hydrogens is 401 g/mol. The first-order valence-electron chi connectivity index (χ1n) is 11.2. The van der Waals surface area contributed by atoms with Gasteiger partial charge in [0.1, 0.15) is 5.82 Å². The normalized spacial score (nSPS) is 19.5. The molecule has 3 aromatic rings. The highest BCUT2D eigenvalue weighted by atomic mass is 32.1. The van der Waals surface area contributed by atoms with Crippen molar-refractivity contribution in [3.05, 3.63) is 58.9 Å². The van der Waals surface area contributed by atoms with E-state index in [0.717, 1.165) is 37.0 Å². The predicted molar refractivity (Wildman–Crippen MR) is 121 cm³/mol. The van der Waals surface area contributed by atoms with E-state index in [1.54, 1.807) is 31.2 Å². The molecule has 1 saturated carbocycles. The van der Waals surface area contributed by atoms with Crippen LogP contribution in [0.3, 0.4) is 0 Å². The molecular formula is C26H29F3S. The fourth-order valence-electron chi connectivity index (χ4n) is 4.82. The van der Waals surface area contributed by atoms with Crippen molar-refractivity contribution in [1.29, 1.82) is 0 Å². The summed E-state index contributed by atoms with van der Waals surface area (Å²) in [6, 6.07) is 8.72. The van der Waals surface area contributed by atoms with Gasteiger partial charge in [-0.15, -0.1) is 11.3 Å². The smallest absolute Gasteiger partial charge is 0.167 e. The average Bonchev–Trinajstić information content (AvgIpc) is 3.18. The van der Waals surface area contributed by atoms with Crippen molar-refractivity contribution in [2.45, 2.75) is 71.1 Å². The third kappa shape index (κ3) is 4.16. The molecule has 0 saturated heterocycles. The van der Waals surface area contributed by atoms with Crippen LogP contribution in [0.2, 0.25) is 0 Å². The second-order valence-corrected chi connectivity index (χ2v) is 9.82. The summed E-state index contributed by atoms with van der Waals surface area (Å²) in [5, 5.41) is 0.725. The largest absolute Gasteiger partial charge is 0.205 e. The van der Waals surface area contributed by atoms with E-state index in [0.29, 0.717) is 20.7 Å². The standard InChI is InChI=1S/C26H29F3S/c1-3-4-5-6-17-8-11-18(12-9-17)20-13-14-21(25(29)24(20)28)22-15-19-10-7-16(2)23(27)26(19)30-22/h7,10,13-15,17-18H,3-6,8-9,11-12H2,1-2H3. The van der Waals surface area contributed by atoms with Gasteiger partial charge in [0, 0.05) is 10.4 Å². The maximum absolute atomic E-state index is 15.0. The molecule has 1 heterocycles. The number of hydrogen-bond acceptors (Lipinski definition) is 1. The van der Waals surface area contributed by atoms with Crippen LogP contribution < -0.4 is 0 Å². The highest BCUT2D eigenvalue weighted by Gasteiger charge is 2.26. The Kier molecular flexibility index (Phi) is 6.52. The fourth-order valence-corrected chi connectivity index (χ4v) is 5.98. The van der Waals surface area contributed by atoms with Crippen molar-refractivity contribution in [1.82, 2.24) is 0 Å². The maximum Gasteiger partial charge on any atom is 0.167 e. The summed E-state index contributed by atoms with van der Waals surface area (Å²) >= 11 is 1.18. The van der Waals surface area contributed by atoms with Crippen LogP contribution in [-0.2, 0) is 0 Å². The minimum Gasteiger partial charge on any atom is -0.205 e. The zero-order chi connectivity index (χ0) is 21.3. The molecule has 160 valence electrons. The third-order valence-electron chi connectivity index (χ3n) is 6.70. The van der Waals surface area contributed by atoms with Crippen molar-refractivity contribution < 1.29 is 13.2 Å². The summed E-state index contributed by atoms with van der Waals surface area (Å²) in [5.74, 6) is -0.982. The quantitative estimate of drug-likeness (QED) is 0.342. The summed E-state index contributed by atoms with van der Waals surface area (Å²) in [5.41, 5.74) is 1.29. The number of aryl methyl sites for hydroxylation is 1. The van der Waals surface area contributed by atoms with Crippen molar-refractivity contribution in [3.63, 3.8) is 0 Å².